The van der Waals surface area contributed by atoms with E-state index in [4.69, 9.17) is 9.39 Å². The van der Waals surface area contributed by atoms with Crippen molar-refractivity contribution in [3.8, 4) is 5.75 Å². The Morgan fingerprint density at radius 2 is 2.14 bits per heavy atom. The molecule has 4 heteroatoms. The molecule has 1 aromatic carbocycles. The molecule has 71 valence electrons. The minimum Gasteiger partial charge on any atom is -0.497 e. The molecule has 1 radical (unpaired) electrons. The highest BCUT2D eigenvalue weighted by atomic mass is 16.5. The van der Waals surface area contributed by atoms with E-state index in [1.54, 1.807) is 7.11 Å². The lowest BCUT2D eigenvalue weighted by atomic mass is 9.23. The van der Waals surface area contributed by atoms with Crippen LogP contribution in [0.4, 0.5) is 0 Å². The molecular weight excluding hydrogens is 174 g/mol. The Balaban J connectivity index is 2.07. The second-order valence-electron chi connectivity index (χ2n) is 3.53. The molecule has 0 aromatic heterocycles. The van der Waals surface area contributed by atoms with E-state index < -0.39 is 0 Å². The van der Waals surface area contributed by atoms with Crippen LogP contribution in [0.15, 0.2) is 24.3 Å². The van der Waals surface area contributed by atoms with Gasteiger partial charge in [0.05, 0.1) is 7.11 Å². The highest BCUT2D eigenvalue weighted by Crippen LogP contribution is 2.09. The highest BCUT2D eigenvalue weighted by Gasteiger charge is 2.21. The van der Waals surface area contributed by atoms with Crippen LogP contribution in [0.2, 0.25) is 6.32 Å². The van der Waals surface area contributed by atoms with Crippen molar-refractivity contribution in [2.75, 3.05) is 13.7 Å². The minimum atomic E-state index is 0.453. The molecule has 0 aliphatic carbocycles. The summed E-state index contributed by atoms with van der Waals surface area (Å²) in [6, 6.07) is 8.21. The average Bonchev–Trinajstić information content (AvgIpc) is 2.30. The van der Waals surface area contributed by atoms with Crippen molar-refractivity contribution in [3.05, 3.63) is 24.3 Å². The molecule has 0 spiro atoms. The van der Waals surface area contributed by atoms with E-state index in [0.717, 1.165) is 18.8 Å². The first-order valence-electron chi connectivity index (χ1n) is 4.99. The molecule has 1 heterocycles. The first-order valence-corrected chi connectivity index (χ1v) is 4.99. The van der Waals surface area contributed by atoms with Crippen LogP contribution in [0.25, 0.3) is 0 Å². The maximum Gasteiger partial charge on any atom is 0.256 e. The summed E-state index contributed by atoms with van der Waals surface area (Å²) < 4.78 is 10.5. The molecule has 1 aromatic rings. The number of ether oxygens (including phenoxy) is 1. The van der Waals surface area contributed by atoms with Crippen molar-refractivity contribution < 1.29 is 9.39 Å². The summed E-state index contributed by atoms with van der Waals surface area (Å²) in [5, 5.41) is 0. The number of hydrogen-bond donors (Lipinski definition) is 0. The molecule has 0 saturated carbocycles. The third kappa shape index (κ3) is 2.13. The zero-order valence-corrected chi connectivity index (χ0v) is 8.40. The topological polar surface area (TPSA) is 18.5 Å². The Hall–Kier alpha value is -0.890. The van der Waals surface area contributed by atoms with Gasteiger partial charge in [0.2, 0.25) is 0 Å². The first-order chi connectivity index (χ1) is 6.90. The standard InChI is InChI=1S/C10H13B2O2/c1-13-10-5-3-9(4-6-10)12-7-2-8-14-11-12/h3-6H,2,7-8H2,1H3. The van der Waals surface area contributed by atoms with Crippen LogP contribution >= 0.6 is 0 Å². The Morgan fingerprint density at radius 1 is 1.36 bits per heavy atom. The lowest BCUT2D eigenvalue weighted by molar-refractivity contribution is 0.336. The Labute approximate surface area is 85.9 Å². The van der Waals surface area contributed by atoms with Gasteiger partial charge in [-0.25, -0.2) is 0 Å². The molecule has 0 unspecified atom stereocenters. The number of benzene rings is 1. The molecule has 0 N–H and O–H groups in total. The monoisotopic (exact) mass is 187 g/mol. The molecule has 1 aliphatic heterocycles. The van der Waals surface area contributed by atoms with E-state index in [2.05, 4.69) is 12.1 Å². The van der Waals surface area contributed by atoms with Crippen molar-refractivity contribution in [3.63, 3.8) is 0 Å². The van der Waals surface area contributed by atoms with E-state index in [9.17, 15) is 0 Å². The minimum absolute atomic E-state index is 0.453. The summed E-state index contributed by atoms with van der Waals surface area (Å²) in [5.41, 5.74) is 1.31. The molecule has 1 saturated heterocycles. The van der Waals surface area contributed by atoms with Crippen molar-refractivity contribution in [1.29, 1.82) is 0 Å². The van der Waals surface area contributed by atoms with Crippen LogP contribution in [0.1, 0.15) is 6.42 Å². The number of hydrogen-bond acceptors (Lipinski definition) is 2. The van der Waals surface area contributed by atoms with Crippen LogP contribution in [0.3, 0.4) is 0 Å². The average molecular weight is 187 g/mol. The molecule has 0 atom stereocenters. The summed E-state index contributed by atoms with van der Waals surface area (Å²) in [4.78, 5) is 0. The van der Waals surface area contributed by atoms with Crippen LogP contribution in [0, 0.1) is 0 Å². The third-order valence-electron chi connectivity index (χ3n) is 2.58. The van der Waals surface area contributed by atoms with E-state index in [0.29, 0.717) is 6.60 Å². The smallest absolute Gasteiger partial charge is 0.256 e. The second-order valence-corrected chi connectivity index (χ2v) is 3.53. The molecule has 2 rings (SSSR count). The van der Waals surface area contributed by atoms with Crippen molar-refractivity contribution in [2.45, 2.75) is 12.7 Å². The lowest BCUT2D eigenvalue weighted by Gasteiger charge is -2.18. The van der Waals surface area contributed by atoms with Crippen molar-refractivity contribution in [1.82, 2.24) is 0 Å². The SMILES string of the molecule is COc1ccc(B2[B]OCCC2)cc1. The summed E-state index contributed by atoms with van der Waals surface area (Å²) in [7, 11) is 3.64. The number of rotatable bonds is 2. The molecule has 0 amide bonds. The lowest BCUT2D eigenvalue weighted by Crippen LogP contribution is -2.41. The van der Waals surface area contributed by atoms with Crippen molar-refractivity contribution in [2.24, 2.45) is 0 Å². The quantitative estimate of drug-likeness (QED) is 0.641. The van der Waals surface area contributed by atoms with Gasteiger partial charge >= 0.3 is 0 Å². The Bertz CT molecular complexity index is 281. The van der Waals surface area contributed by atoms with Gasteiger partial charge in [0.25, 0.3) is 7.37 Å². The van der Waals surface area contributed by atoms with E-state index in [-0.39, 0.29) is 0 Å². The highest BCUT2D eigenvalue weighted by molar-refractivity contribution is 7.17. The maximum atomic E-state index is 5.34. The van der Waals surface area contributed by atoms with Gasteiger partial charge in [0.15, 0.2) is 6.60 Å². The van der Waals surface area contributed by atoms with Gasteiger partial charge in [-0.3, -0.25) is 0 Å². The second kappa shape index (κ2) is 4.56. The molecule has 2 nitrogen and oxygen atoms in total. The van der Waals surface area contributed by atoms with Gasteiger partial charge in [-0.2, -0.15) is 0 Å². The van der Waals surface area contributed by atoms with E-state index >= 15 is 0 Å². The fraction of sp³-hybridized carbons (Fsp3) is 0.400. The first kappa shape index (κ1) is 9.66. The fourth-order valence-corrected chi connectivity index (χ4v) is 1.74. The summed E-state index contributed by atoms with van der Waals surface area (Å²) >= 11 is 0. The molecular formula is C10H13B2O2. The summed E-state index contributed by atoms with van der Waals surface area (Å²) in [6.07, 6.45) is 2.33. The van der Waals surface area contributed by atoms with Crippen LogP contribution in [0.5, 0.6) is 5.75 Å². The van der Waals surface area contributed by atoms with E-state index in [1.165, 1.54) is 11.8 Å². The maximum absolute atomic E-state index is 5.34. The predicted octanol–water partition coefficient (Wildman–Crippen LogP) is 0.933. The molecule has 0 bridgehead atoms. The fourth-order valence-electron chi connectivity index (χ4n) is 1.74. The predicted molar refractivity (Wildman–Crippen MR) is 59.5 cm³/mol. The van der Waals surface area contributed by atoms with Gasteiger partial charge in [-0.15, -0.1) is 0 Å². The summed E-state index contributed by atoms with van der Waals surface area (Å²) in [6.45, 7) is 1.32. The summed E-state index contributed by atoms with van der Waals surface area (Å²) in [5.74, 6) is 0.908. The third-order valence-corrected chi connectivity index (χ3v) is 2.58. The zero-order chi connectivity index (χ0) is 9.80. The van der Waals surface area contributed by atoms with Crippen LogP contribution in [-0.4, -0.2) is 27.7 Å². The van der Waals surface area contributed by atoms with Crippen LogP contribution in [-0.2, 0) is 4.65 Å². The van der Waals surface area contributed by atoms with E-state index in [1.807, 2.05) is 19.5 Å². The largest absolute Gasteiger partial charge is 0.497 e. The van der Waals surface area contributed by atoms with Crippen LogP contribution < -0.4 is 10.2 Å². The van der Waals surface area contributed by atoms with Gasteiger partial charge in [-0.05, 0) is 18.6 Å². The van der Waals surface area contributed by atoms with Gasteiger partial charge < -0.3 is 9.39 Å². The van der Waals surface area contributed by atoms with Gasteiger partial charge in [0, 0.05) is 6.61 Å². The Morgan fingerprint density at radius 3 is 2.71 bits per heavy atom. The normalized spacial score (nSPS) is 16.2. The number of methoxy groups -OCH3 is 1. The van der Waals surface area contributed by atoms with Crippen molar-refractivity contribution >= 4 is 19.4 Å². The molecule has 14 heavy (non-hydrogen) atoms. The molecule has 1 fully saturated rings. The zero-order valence-electron chi connectivity index (χ0n) is 8.40. The van der Waals surface area contributed by atoms with Gasteiger partial charge in [-0.1, -0.05) is 23.9 Å². The molecule has 1 aliphatic rings. The van der Waals surface area contributed by atoms with Gasteiger partial charge in [0.1, 0.15) is 5.75 Å². The Kier molecular flexibility index (Phi) is 3.14.